The maximum absolute atomic E-state index is 12.4. The standard InChI is InChI=1S/C23H21N3O5/c1-31-23(30)19(26-21(28)16-5-4-12-24-14-16)13-15-8-10-17(11-9-15)25-22(29)18-6-2-3-7-20(18)27/h2-12,14,19,27H,13H2,1H3,(H,25,29)(H,26,28)/t19-/m1/s1. The number of anilines is 1. The SMILES string of the molecule is COC(=O)[C@@H](Cc1ccc(NC(=O)c2ccccc2O)cc1)NC(=O)c1cccnc1. The van der Waals surface area contributed by atoms with Crippen LogP contribution in [0.2, 0.25) is 0 Å². The molecular weight excluding hydrogens is 398 g/mol. The number of nitrogens with one attached hydrogen (secondary N) is 2. The van der Waals surface area contributed by atoms with Gasteiger partial charge in [-0.15, -0.1) is 0 Å². The molecule has 0 bridgehead atoms. The molecule has 0 fully saturated rings. The number of aromatic nitrogens is 1. The average Bonchev–Trinajstić information content (AvgIpc) is 2.80. The number of phenolic OH excluding ortho intramolecular Hbond substituents is 1. The highest BCUT2D eigenvalue weighted by molar-refractivity contribution is 6.06. The Balaban J connectivity index is 1.67. The molecule has 158 valence electrons. The second-order valence-electron chi connectivity index (χ2n) is 6.66. The molecule has 1 heterocycles. The molecule has 2 amide bonds. The fourth-order valence-corrected chi connectivity index (χ4v) is 2.90. The van der Waals surface area contributed by atoms with Crippen molar-refractivity contribution in [2.45, 2.75) is 12.5 Å². The smallest absolute Gasteiger partial charge is 0.328 e. The molecule has 0 spiro atoms. The van der Waals surface area contributed by atoms with E-state index < -0.39 is 23.8 Å². The summed E-state index contributed by atoms with van der Waals surface area (Å²) >= 11 is 0. The van der Waals surface area contributed by atoms with Gasteiger partial charge in [0.25, 0.3) is 11.8 Å². The lowest BCUT2D eigenvalue weighted by Gasteiger charge is -2.17. The monoisotopic (exact) mass is 419 g/mol. The number of ether oxygens (including phenoxy) is 1. The summed E-state index contributed by atoms with van der Waals surface area (Å²) < 4.78 is 4.81. The van der Waals surface area contributed by atoms with E-state index in [1.807, 2.05) is 0 Å². The van der Waals surface area contributed by atoms with E-state index in [1.165, 1.54) is 25.4 Å². The van der Waals surface area contributed by atoms with Crippen molar-refractivity contribution in [3.63, 3.8) is 0 Å². The number of benzene rings is 2. The van der Waals surface area contributed by atoms with E-state index in [0.717, 1.165) is 5.56 Å². The quantitative estimate of drug-likeness (QED) is 0.507. The molecule has 0 aliphatic carbocycles. The molecule has 2 aromatic carbocycles. The van der Waals surface area contributed by atoms with E-state index in [2.05, 4.69) is 15.6 Å². The normalized spacial score (nSPS) is 11.3. The van der Waals surface area contributed by atoms with E-state index in [9.17, 15) is 19.5 Å². The first-order valence-electron chi connectivity index (χ1n) is 9.45. The van der Waals surface area contributed by atoms with Crippen LogP contribution in [0.4, 0.5) is 5.69 Å². The Morgan fingerprint density at radius 3 is 2.39 bits per heavy atom. The number of pyridine rings is 1. The van der Waals surface area contributed by atoms with Gasteiger partial charge in [0.2, 0.25) is 0 Å². The zero-order valence-corrected chi connectivity index (χ0v) is 16.7. The number of nitrogens with zero attached hydrogens (tertiary/aromatic N) is 1. The molecule has 0 saturated heterocycles. The fraction of sp³-hybridized carbons (Fsp3) is 0.130. The third-order valence-electron chi connectivity index (χ3n) is 4.52. The highest BCUT2D eigenvalue weighted by atomic mass is 16.5. The first kappa shape index (κ1) is 21.5. The molecule has 1 atom stereocenters. The molecule has 1 aromatic heterocycles. The van der Waals surface area contributed by atoms with E-state index >= 15 is 0 Å². The molecule has 8 heteroatoms. The molecule has 8 nitrogen and oxygen atoms in total. The highest BCUT2D eigenvalue weighted by Gasteiger charge is 2.23. The van der Waals surface area contributed by atoms with Gasteiger partial charge in [0.15, 0.2) is 0 Å². The van der Waals surface area contributed by atoms with Crippen molar-refractivity contribution < 1.29 is 24.2 Å². The summed E-state index contributed by atoms with van der Waals surface area (Å²) in [4.78, 5) is 40.7. The lowest BCUT2D eigenvalue weighted by molar-refractivity contribution is -0.142. The number of rotatable bonds is 7. The van der Waals surface area contributed by atoms with E-state index in [0.29, 0.717) is 11.3 Å². The van der Waals surface area contributed by atoms with Gasteiger partial charge in [-0.25, -0.2) is 4.79 Å². The summed E-state index contributed by atoms with van der Waals surface area (Å²) in [5.74, 6) is -1.56. The average molecular weight is 419 g/mol. The van der Waals surface area contributed by atoms with Crippen LogP contribution >= 0.6 is 0 Å². The molecule has 0 aliphatic heterocycles. The predicted octanol–water partition coefficient (Wildman–Crippen LogP) is 2.55. The lowest BCUT2D eigenvalue weighted by atomic mass is 10.0. The van der Waals surface area contributed by atoms with Gasteiger partial charge in [0, 0.05) is 24.5 Å². The summed E-state index contributed by atoms with van der Waals surface area (Å²) in [6.07, 6.45) is 3.16. The van der Waals surface area contributed by atoms with Gasteiger partial charge in [-0.05, 0) is 42.0 Å². The van der Waals surface area contributed by atoms with Crippen molar-refractivity contribution >= 4 is 23.5 Å². The number of aromatic hydroxyl groups is 1. The Hall–Kier alpha value is -4.20. The number of hydrogen-bond donors (Lipinski definition) is 3. The molecule has 0 radical (unpaired) electrons. The maximum atomic E-state index is 12.4. The van der Waals surface area contributed by atoms with Crippen LogP contribution in [0.5, 0.6) is 5.75 Å². The number of phenols is 1. The summed E-state index contributed by atoms with van der Waals surface area (Å²) in [6.45, 7) is 0. The Bertz CT molecular complexity index is 1070. The van der Waals surface area contributed by atoms with Gasteiger partial charge in [0.1, 0.15) is 11.8 Å². The molecule has 3 rings (SSSR count). The minimum absolute atomic E-state index is 0.109. The number of carbonyl (C=O) groups excluding carboxylic acids is 3. The van der Waals surface area contributed by atoms with Crippen LogP contribution in [-0.4, -0.2) is 41.0 Å². The van der Waals surface area contributed by atoms with Crippen molar-refractivity contribution in [1.82, 2.24) is 10.3 Å². The van der Waals surface area contributed by atoms with Gasteiger partial charge in [-0.1, -0.05) is 24.3 Å². The van der Waals surface area contributed by atoms with Crippen LogP contribution in [0.25, 0.3) is 0 Å². The Morgan fingerprint density at radius 1 is 1.00 bits per heavy atom. The van der Waals surface area contributed by atoms with Crippen LogP contribution in [0.3, 0.4) is 0 Å². The fourth-order valence-electron chi connectivity index (χ4n) is 2.90. The molecule has 3 N–H and O–H groups in total. The lowest BCUT2D eigenvalue weighted by Crippen LogP contribution is -2.43. The van der Waals surface area contributed by atoms with Crippen molar-refractivity contribution in [1.29, 1.82) is 0 Å². The maximum Gasteiger partial charge on any atom is 0.328 e. The van der Waals surface area contributed by atoms with Gasteiger partial charge >= 0.3 is 5.97 Å². The molecular formula is C23H21N3O5. The molecule has 0 aliphatic rings. The van der Waals surface area contributed by atoms with Gasteiger partial charge in [-0.3, -0.25) is 14.6 Å². The highest BCUT2D eigenvalue weighted by Crippen LogP contribution is 2.18. The van der Waals surface area contributed by atoms with Gasteiger partial charge in [-0.2, -0.15) is 0 Å². The second kappa shape index (κ2) is 10.0. The first-order valence-corrected chi connectivity index (χ1v) is 9.45. The Morgan fingerprint density at radius 2 is 1.74 bits per heavy atom. The molecule has 3 aromatic rings. The Kier molecular flexibility index (Phi) is 6.95. The van der Waals surface area contributed by atoms with Gasteiger partial charge < -0.3 is 20.5 Å². The summed E-state index contributed by atoms with van der Waals surface area (Å²) in [5, 5.41) is 15.1. The number of para-hydroxylation sites is 1. The number of methoxy groups -OCH3 is 1. The van der Waals surface area contributed by atoms with Gasteiger partial charge in [0.05, 0.1) is 18.2 Å². The summed E-state index contributed by atoms with van der Waals surface area (Å²) in [6, 6.07) is 15.4. The second-order valence-corrected chi connectivity index (χ2v) is 6.66. The zero-order chi connectivity index (χ0) is 22.2. The van der Waals surface area contributed by atoms with Crippen molar-refractivity contribution in [2.75, 3.05) is 12.4 Å². The van der Waals surface area contributed by atoms with Crippen LogP contribution in [0.15, 0.2) is 73.1 Å². The number of hydrogen-bond acceptors (Lipinski definition) is 6. The summed E-state index contributed by atoms with van der Waals surface area (Å²) in [5.41, 5.74) is 1.77. The minimum Gasteiger partial charge on any atom is -0.507 e. The van der Waals surface area contributed by atoms with Crippen molar-refractivity contribution in [3.05, 3.63) is 89.7 Å². The predicted molar refractivity (Wildman–Crippen MR) is 114 cm³/mol. The number of esters is 1. The van der Waals surface area contributed by atoms with Crippen molar-refractivity contribution in [3.8, 4) is 5.75 Å². The summed E-state index contributed by atoms with van der Waals surface area (Å²) in [7, 11) is 1.25. The van der Waals surface area contributed by atoms with Crippen LogP contribution < -0.4 is 10.6 Å². The van der Waals surface area contributed by atoms with E-state index in [1.54, 1.807) is 54.7 Å². The van der Waals surface area contributed by atoms with E-state index in [-0.39, 0.29) is 17.7 Å². The molecule has 0 saturated carbocycles. The van der Waals surface area contributed by atoms with Crippen LogP contribution in [0.1, 0.15) is 26.3 Å². The third kappa shape index (κ3) is 5.66. The zero-order valence-electron chi connectivity index (χ0n) is 16.7. The largest absolute Gasteiger partial charge is 0.507 e. The third-order valence-corrected chi connectivity index (χ3v) is 4.52. The topological polar surface area (TPSA) is 118 Å². The minimum atomic E-state index is -0.889. The van der Waals surface area contributed by atoms with E-state index in [4.69, 9.17) is 4.74 Å². The molecule has 31 heavy (non-hydrogen) atoms. The Labute approximate surface area is 178 Å². The van der Waals surface area contributed by atoms with Crippen LogP contribution in [0, 0.1) is 0 Å². The number of carbonyl (C=O) groups is 3. The first-order chi connectivity index (χ1) is 15.0. The molecule has 0 unspecified atom stereocenters. The van der Waals surface area contributed by atoms with Crippen molar-refractivity contribution in [2.24, 2.45) is 0 Å². The number of amides is 2. The van der Waals surface area contributed by atoms with Crippen LogP contribution in [-0.2, 0) is 16.0 Å².